The molecule has 0 radical (unpaired) electrons. The predicted octanol–water partition coefficient (Wildman–Crippen LogP) is 7.54. The first-order valence-corrected chi connectivity index (χ1v) is 16.0. The number of rotatable bonds is 8. The number of para-hydroxylation sites is 1. The van der Waals surface area contributed by atoms with Gasteiger partial charge in [0.25, 0.3) is 5.91 Å². The Morgan fingerprint density at radius 1 is 0.870 bits per heavy atom. The SMILES string of the molecule is CC#N.CCNc1cc2c(cc1C)C1(c3cc(C)c(NCC)cc3O2)c2ccccc2C(=O)N1CCNC(=S)Nc1ccccc1. The number of carbonyl (C=O) groups excluding carboxylic acids is 1. The van der Waals surface area contributed by atoms with E-state index in [9.17, 15) is 4.79 Å². The highest BCUT2D eigenvalue weighted by molar-refractivity contribution is 7.80. The van der Waals surface area contributed by atoms with E-state index >= 15 is 0 Å². The minimum absolute atomic E-state index is 0.0139. The molecule has 9 heteroatoms. The third-order valence-electron chi connectivity index (χ3n) is 8.24. The minimum atomic E-state index is -0.877. The Morgan fingerprint density at radius 3 is 1.98 bits per heavy atom. The quantitative estimate of drug-likeness (QED) is 0.148. The maximum Gasteiger partial charge on any atom is 0.255 e. The summed E-state index contributed by atoms with van der Waals surface area (Å²) in [4.78, 5) is 16.3. The molecule has 2 aliphatic heterocycles. The van der Waals surface area contributed by atoms with Crippen LogP contribution in [0.2, 0.25) is 0 Å². The number of nitriles is 1. The fraction of sp³-hybridized carbons (Fsp3) is 0.270. The molecule has 0 saturated heterocycles. The highest BCUT2D eigenvalue weighted by Crippen LogP contribution is 2.58. The van der Waals surface area contributed by atoms with Crippen LogP contribution in [0.5, 0.6) is 11.5 Å². The number of anilines is 3. The van der Waals surface area contributed by atoms with E-state index in [1.807, 2.05) is 53.4 Å². The van der Waals surface area contributed by atoms with Crippen LogP contribution >= 0.6 is 12.2 Å². The van der Waals surface area contributed by atoms with Gasteiger partial charge in [0.1, 0.15) is 17.0 Å². The van der Waals surface area contributed by atoms with Crippen molar-refractivity contribution in [1.29, 1.82) is 5.26 Å². The molecule has 0 aromatic heterocycles. The van der Waals surface area contributed by atoms with Gasteiger partial charge in [-0.2, -0.15) is 5.26 Å². The topological polar surface area (TPSA) is 101 Å². The van der Waals surface area contributed by atoms with Crippen molar-refractivity contribution in [3.05, 3.63) is 112 Å². The van der Waals surface area contributed by atoms with E-state index in [4.69, 9.17) is 22.2 Å². The molecule has 4 N–H and O–H groups in total. The van der Waals surface area contributed by atoms with Crippen LogP contribution in [0.15, 0.2) is 78.9 Å². The molecule has 6 rings (SSSR count). The van der Waals surface area contributed by atoms with Crippen LogP contribution in [0, 0.1) is 25.2 Å². The van der Waals surface area contributed by atoms with Gasteiger partial charge in [-0.05, 0) is 86.9 Å². The summed E-state index contributed by atoms with van der Waals surface area (Å²) in [6, 6.07) is 28.1. The third kappa shape index (κ3) is 5.84. The van der Waals surface area contributed by atoms with Crippen molar-refractivity contribution in [3.63, 3.8) is 0 Å². The molecule has 0 saturated carbocycles. The average Bonchev–Trinajstić information content (AvgIpc) is 3.28. The number of benzene rings is 4. The largest absolute Gasteiger partial charge is 0.456 e. The van der Waals surface area contributed by atoms with Crippen molar-refractivity contribution < 1.29 is 9.53 Å². The molecule has 0 aliphatic carbocycles. The van der Waals surface area contributed by atoms with Crippen molar-refractivity contribution >= 4 is 40.3 Å². The number of ether oxygens (including phenoxy) is 1. The second-order valence-corrected chi connectivity index (χ2v) is 11.6. The zero-order chi connectivity index (χ0) is 32.8. The van der Waals surface area contributed by atoms with Crippen LogP contribution in [0.3, 0.4) is 0 Å². The first kappa shape index (κ1) is 32.3. The van der Waals surface area contributed by atoms with E-state index < -0.39 is 5.54 Å². The molecular weight excluding hydrogens is 593 g/mol. The van der Waals surface area contributed by atoms with Gasteiger partial charge in [0.15, 0.2) is 5.11 Å². The average molecular weight is 633 g/mol. The van der Waals surface area contributed by atoms with Crippen molar-refractivity contribution in [2.45, 2.75) is 40.2 Å². The smallest absolute Gasteiger partial charge is 0.255 e. The molecule has 1 spiro atoms. The van der Waals surface area contributed by atoms with Crippen molar-refractivity contribution in [2.24, 2.45) is 0 Å². The zero-order valence-corrected chi connectivity index (χ0v) is 27.8. The molecule has 2 aliphatic rings. The predicted molar refractivity (Wildman–Crippen MR) is 190 cm³/mol. The maximum absolute atomic E-state index is 14.3. The highest BCUT2D eigenvalue weighted by Gasteiger charge is 2.56. The molecule has 1 amide bonds. The van der Waals surface area contributed by atoms with E-state index in [0.29, 0.717) is 23.8 Å². The monoisotopic (exact) mass is 632 g/mol. The molecule has 0 unspecified atom stereocenters. The number of hydrogen-bond donors (Lipinski definition) is 4. The summed E-state index contributed by atoms with van der Waals surface area (Å²) in [5, 5.41) is 21.3. The summed E-state index contributed by atoms with van der Waals surface area (Å²) in [6.07, 6.45) is 0. The van der Waals surface area contributed by atoms with Crippen LogP contribution < -0.4 is 26.0 Å². The highest BCUT2D eigenvalue weighted by atomic mass is 32.1. The molecule has 0 bridgehead atoms. The third-order valence-corrected chi connectivity index (χ3v) is 8.48. The van der Waals surface area contributed by atoms with E-state index in [1.165, 1.54) is 6.92 Å². The molecule has 46 heavy (non-hydrogen) atoms. The number of amides is 1. The first-order chi connectivity index (χ1) is 22.3. The lowest BCUT2D eigenvalue weighted by atomic mass is 9.73. The number of carbonyl (C=O) groups is 1. The minimum Gasteiger partial charge on any atom is -0.456 e. The summed E-state index contributed by atoms with van der Waals surface area (Å²) in [7, 11) is 0. The van der Waals surface area contributed by atoms with E-state index in [1.54, 1.807) is 6.07 Å². The second kappa shape index (κ2) is 13.9. The maximum atomic E-state index is 14.3. The van der Waals surface area contributed by atoms with Crippen LogP contribution in [0.1, 0.15) is 58.9 Å². The number of hydrogen-bond acceptors (Lipinski definition) is 6. The lowest BCUT2D eigenvalue weighted by molar-refractivity contribution is 0.0670. The Hall–Kier alpha value is -5.07. The lowest BCUT2D eigenvalue weighted by Crippen LogP contribution is -2.50. The summed E-state index contributed by atoms with van der Waals surface area (Å²) in [6.45, 7) is 12.3. The first-order valence-electron chi connectivity index (χ1n) is 15.6. The van der Waals surface area contributed by atoms with E-state index in [-0.39, 0.29) is 5.91 Å². The molecule has 2 heterocycles. The molecule has 236 valence electrons. The fourth-order valence-electron chi connectivity index (χ4n) is 6.39. The Morgan fingerprint density at radius 2 is 1.41 bits per heavy atom. The Labute approximate surface area is 276 Å². The number of aryl methyl sites for hydroxylation is 2. The van der Waals surface area contributed by atoms with Crippen LogP contribution in [0.25, 0.3) is 0 Å². The molecule has 0 fully saturated rings. The number of fused-ring (bicyclic) bond motifs is 6. The summed E-state index contributed by atoms with van der Waals surface area (Å²) >= 11 is 5.60. The van der Waals surface area contributed by atoms with Gasteiger partial charge in [-0.1, -0.05) is 36.4 Å². The summed E-state index contributed by atoms with van der Waals surface area (Å²) < 4.78 is 6.69. The number of nitrogens with one attached hydrogen (secondary N) is 4. The molecule has 8 nitrogen and oxygen atoms in total. The molecule has 0 atom stereocenters. The van der Waals surface area contributed by atoms with Gasteiger partial charge < -0.3 is 30.9 Å². The normalized spacial score (nSPS) is 13.2. The van der Waals surface area contributed by atoms with Gasteiger partial charge in [-0.25, -0.2) is 0 Å². The lowest BCUT2D eigenvalue weighted by Gasteiger charge is -2.45. The number of nitrogens with zero attached hydrogens (tertiary/aromatic N) is 2. The van der Waals surface area contributed by atoms with Crippen LogP contribution in [-0.4, -0.2) is 42.1 Å². The van der Waals surface area contributed by atoms with Crippen molar-refractivity contribution in [1.82, 2.24) is 10.2 Å². The zero-order valence-electron chi connectivity index (χ0n) is 27.0. The van der Waals surface area contributed by atoms with Gasteiger partial charge in [-0.15, -0.1) is 0 Å². The standard InChI is InChI=1S/C35H37N5O2S.C2H3N/c1-5-36-29-20-31-27(18-22(29)3)35(28-19-23(4)30(37-6-2)21-32(28)42-31)26-15-11-10-14-25(26)33(41)40(35)17-16-38-34(43)39-24-12-8-7-9-13-24;1-2-3/h7-15,18-21,36-37H,5-6,16-17H2,1-4H3,(H2,38,39,43);1H3. The van der Waals surface area contributed by atoms with Crippen LogP contribution in [-0.2, 0) is 5.54 Å². The Kier molecular flexibility index (Phi) is 9.78. The Bertz CT molecular complexity index is 1740. The van der Waals surface area contributed by atoms with Crippen LogP contribution in [0.4, 0.5) is 17.1 Å². The van der Waals surface area contributed by atoms with E-state index in [2.05, 4.69) is 79.3 Å². The fourth-order valence-corrected chi connectivity index (χ4v) is 6.61. The Balaban J connectivity index is 0.00000134. The van der Waals surface area contributed by atoms with Gasteiger partial charge in [0, 0.05) is 79.0 Å². The van der Waals surface area contributed by atoms with Gasteiger partial charge in [0.05, 0.1) is 6.07 Å². The molecular formula is C37H40N6O2S. The van der Waals surface area contributed by atoms with Gasteiger partial charge in [-0.3, -0.25) is 4.79 Å². The second-order valence-electron chi connectivity index (χ2n) is 11.2. The van der Waals surface area contributed by atoms with Gasteiger partial charge >= 0.3 is 0 Å². The van der Waals surface area contributed by atoms with E-state index in [0.717, 1.165) is 69.5 Å². The van der Waals surface area contributed by atoms with Crippen molar-refractivity contribution in [2.75, 3.05) is 42.1 Å². The molecule has 4 aromatic carbocycles. The summed E-state index contributed by atoms with van der Waals surface area (Å²) in [5.41, 5.74) is 7.83. The summed E-state index contributed by atoms with van der Waals surface area (Å²) in [5.74, 6) is 1.47. The molecule has 4 aromatic rings. The van der Waals surface area contributed by atoms with Gasteiger partial charge in [0.2, 0.25) is 0 Å². The van der Waals surface area contributed by atoms with Crippen molar-refractivity contribution in [3.8, 4) is 17.6 Å². The number of thiocarbonyl (C=S) groups is 1.